The Kier molecular flexibility index (Phi) is 1.85. The van der Waals surface area contributed by atoms with E-state index < -0.39 is 0 Å². The molecular weight excluding hydrogens is 169 g/mol. The fourth-order valence-corrected chi connectivity index (χ4v) is 1.11. The van der Waals surface area contributed by atoms with Crippen LogP contribution in [0.3, 0.4) is 0 Å². The smallest absolute Gasteiger partial charge is 0.167 e. The summed E-state index contributed by atoms with van der Waals surface area (Å²) in [6.45, 7) is 1.84. The lowest BCUT2D eigenvalue weighted by Crippen LogP contribution is -1.75. The molecule has 0 radical (unpaired) electrons. The summed E-state index contributed by atoms with van der Waals surface area (Å²) in [4.78, 5) is 0. The van der Waals surface area contributed by atoms with Gasteiger partial charge in [0.1, 0.15) is 5.82 Å². The average molecular weight is 177 g/mol. The summed E-state index contributed by atoms with van der Waals surface area (Å²) < 4.78 is 17.6. The lowest BCUT2D eigenvalue weighted by molar-refractivity contribution is 0.427. The maximum Gasteiger partial charge on any atom is 0.167 e. The molecule has 0 aliphatic carbocycles. The Morgan fingerprint density at radius 3 is 2.46 bits per heavy atom. The maximum atomic E-state index is 12.6. The van der Waals surface area contributed by atoms with Gasteiger partial charge in [-0.05, 0) is 31.2 Å². The molecule has 0 amide bonds. The quantitative estimate of drug-likeness (QED) is 0.669. The predicted octanol–water partition coefficient (Wildman–Crippen LogP) is 2.79. The molecule has 0 aliphatic heterocycles. The molecule has 0 spiro atoms. The van der Waals surface area contributed by atoms with Crippen molar-refractivity contribution >= 4 is 0 Å². The number of aromatic nitrogens is 1. The van der Waals surface area contributed by atoms with Crippen molar-refractivity contribution < 1.29 is 8.91 Å². The molecule has 0 aliphatic rings. The van der Waals surface area contributed by atoms with Crippen LogP contribution >= 0.6 is 0 Å². The van der Waals surface area contributed by atoms with E-state index in [-0.39, 0.29) is 5.82 Å². The van der Waals surface area contributed by atoms with Gasteiger partial charge in [-0.2, -0.15) is 0 Å². The van der Waals surface area contributed by atoms with E-state index in [0.29, 0.717) is 5.76 Å². The van der Waals surface area contributed by atoms with Crippen LogP contribution in [0.15, 0.2) is 34.9 Å². The van der Waals surface area contributed by atoms with E-state index in [0.717, 1.165) is 11.3 Å². The van der Waals surface area contributed by atoms with Gasteiger partial charge in [-0.1, -0.05) is 5.16 Å². The van der Waals surface area contributed by atoms with Crippen LogP contribution in [-0.2, 0) is 0 Å². The Hall–Kier alpha value is -1.64. The highest BCUT2D eigenvalue weighted by Crippen LogP contribution is 2.19. The normalized spacial score (nSPS) is 10.3. The fraction of sp³-hybridized carbons (Fsp3) is 0.100. The van der Waals surface area contributed by atoms with Gasteiger partial charge in [0.25, 0.3) is 0 Å². The van der Waals surface area contributed by atoms with E-state index in [1.165, 1.54) is 12.1 Å². The SMILES string of the molecule is Cc1cc(-c2ccc(F)cc2)on1. The van der Waals surface area contributed by atoms with E-state index in [4.69, 9.17) is 4.52 Å². The van der Waals surface area contributed by atoms with Gasteiger partial charge >= 0.3 is 0 Å². The Bertz CT molecular complexity index is 405. The molecule has 0 atom stereocenters. The number of halogens is 1. The molecule has 0 bridgehead atoms. The molecule has 66 valence electrons. The van der Waals surface area contributed by atoms with Crippen molar-refractivity contribution in [3.05, 3.63) is 41.8 Å². The van der Waals surface area contributed by atoms with E-state index in [1.807, 2.05) is 13.0 Å². The standard InChI is InChI=1S/C10H8FNO/c1-7-6-10(13-12-7)8-2-4-9(11)5-3-8/h2-6H,1H3. The van der Waals surface area contributed by atoms with Crippen molar-refractivity contribution in [3.8, 4) is 11.3 Å². The van der Waals surface area contributed by atoms with Gasteiger partial charge in [0.05, 0.1) is 5.69 Å². The van der Waals surface area contributed by atoms with Gasteiger partial charge in [0.2, 0.25) is 0 Å². The van der Waals surface area contributed by atoms with E-state index in [1.54, 1.807) is 12.1 Å². The van der Waals surface area contributed by atoms with Crippen LogP contribution in [0, 0.1) is 12.7 Å². The van der Waals surface area contributed by atoms with Crippen LogP contribution in [0.1, 0.15) is 5.69 Å². The summed E-state index contributed by atoms with van der Waals surface area (Å²) in [6, 6.07) is 7.93. The molecule has 0 fully saturated rings. The molecule has 13 heavy (non-hydrogen) atoms. The topological polar surface area (TPSA) is 26.0 Å². The molecule has 2 rings (SSSR count). The minimum atomic E-state index is -0.250. The third-order valence-electron chi connectivity index (χ3n) is 1.76. The summed E-state index contributed by atoms with van der Waals surface area (Å²) in [6.07, 6.45) is 0. The molecule has 3 heteroatoms. The largest absolute Gasteiger partial charge is 0.356 e. The first kappa shape index (κ1) is 7.98. The van der Waals surface area contributed by atoms with Gasteiger partial charge in [0, 0.05) is 11.6 Å². The zero-order valence-electron chi connectivity index (χ0n) is 7.12. The zero-order chi connectivity index (χ0) is 9.26. The number of hydrogen-bond acceptors (Lipinski definition) is 2. The Labute approximate surface area is 75.0 Å². The number of benzene rings is 1. The van der Waals surface area contributed by atoms with Crippen LogP contribution in [0.4, 0.5) is 4.39 Å². The molecule has 2 aromatic rings. The average Bonchev–Trinajstić information content (AvgIpc) is 2.53. The van der Waals surface area contributed by atoms with Gasteiger partial charge in [-0.15, -0.1) is 0 Å². The van der Waals surface area contributed by atoms with Crippen molar-refractivity contribution in [3.63, 3.8) is 0 Å². The number of nitrogens with zero attached hydrogens (tertiary/aromatic N) is 1. The van der Waals surface area contributed by atoms with E-state index in [2.05, 4.69) is 5.16 Å². The second-order valence-electron chi connectivity index (χ2n) is 2.84. The summed E-state index contributed by atoms with van der Waals surface area (Å²) in [7, 11) is 0. The van der Waals surface area contributed by atoms with Gasteiger partial charge < -0.3 is 4.52 Å². The Balaban J connectivity index is 2.41. The van der Waals surface area contributed by atoms with Gasteiger partial charge in [-0.25, -0.2) is 4.39 Å². The first-order chi connectivity index (χ1) is 6.25. The molecule has 1 aromatic heterocycles. The summed E-state index contributed by atoms with van der Waals surface area (Å²) in [5.41, 5.74) is 1.65. The summed E-state index contributed by atoms with van der Waals surface area (Å²) in [5.74, 6) is 0.414. The Morgan fingerprint density at radius 1 is 1.23 bits per heavy atom. The monoisotopic (exact) mass is 177 g/mol. The number of aryl methyl sites for hydroxylation is 1. The minimum Gasteiger partial charge on any atom is -0.356 e. The first-order valence-corrected chi connectivity index (χ1v) is 3.95. The van der Waals surface area contributed by atoms with Crippen molar-refractivity contribution in [1.82, 2.24) is 5.16 Å². The van der Waals surface area contributed by atoms with Crippen molar-refractivity contribution in [1.29, 1.82) is 0 Å². The van der Waals surface area contributed by atoms with Crippen LogP contribution in [0.2, 0.25) is 0 Å². The number of hydrogen-bond donors (Lipinski definition) is 0. The Morgan fingerprint density at radius 2 is 1.92 bits per heavy atom. The highest BCUT2D eigenvalue weighted by Gasteiger charge is 2.03. The van der Waals surface area contributed by atoms with E-state index in [9.17, 15) is 4.39 Å². The lowest BCUT2D eigenvalue weighted by atomic mass is 10.1. The highest BCUT2D eigenvalue weighted by molar-refractivity contribution is 5.56. The molecule has 0 unspecified atom stereocenters. The highest BCUT2D eigenvalue weighted by atomic mass is 19.1. The third kappa shape index (κ3) is 1.59. The second-order valence-corrected chi connectivity index (χ2v) is 2.84. The molecule has 0 N–H and O–H groups in total. The van der Waals surface area contributed by atoms with Crippen LogP contribution in [0.5, 0.6) is 0 Å². The summed E-state index contributed by atoms with van der Waals surface area (Å²) in [5, 5.41) is 3.75. The molecule has 0 saturated heterocycles. The van der Waals surface area contributed by atoms with Crippen molar-refractivity contribution in [2.24, 2.45) is 0 Å². The van der Waals surface area contributed by atoms with Crippen molar-refractivity contribution in [2.45, 2.75) is 6.92 Å². The number of rotatable bonds is 1. The molecular formula is C10H8FNO. The van der Waals surface area contributed by atoms with Crippen molar-refractivity contribution in [2.75, 3.05) is 0 Å². The summed E-state index contributed by atoms with van der Waals surface area (Å²) >= 11 is 0. The molecule has 1 heterocycles. The zero-order valence-corrected chi connectivity index (χ0v) is 7.12. The molecule has 1 aromatic carbocycles. The first-order valence-electron chi connectivity index (χ1n) is 3.95. The third-order valence-corrected chi connectivity index (χ3v) is 1.76. The predicted molar refractivity (Wildman–Crippen MR) is 46.6 cm³/mol. The fourth-order valence-electron chi connectivity index (χ4n) is 1.11. The van der Waals surface area contributed by atoms with Crippen LogP contribution in [0.25, 0.3) is 11.3 Å². The van der Waals surface area contributed by atoms with Gasteiger partial charge in [0.15, 0.2) is 5.76 Å². The van der Waals surface area contributed by atoms with Crippen LogP contribution in [-0.4, -0.2) is 5.16 Å². The minimum absolute atomic E-state index is 0.250. The van der Waals surface area contributed by atoms with E-state index >= 15 is 0 Å². The molecule has 2 nitrogen and oxygen atoms in total. The van der Waals surface area contributed by atoms with Crippen LogP contribution < -0.4 is 0 Å². The maximum absolute atomic E-state index is 12.6. The second kappa shape index (κ2) is 3.01. The molecule has 0 saturated carbocycles. The van der Waals surface area contributed by atoms with Gasteiger partial charge in [-0.3, -0.25) is 0 Å². The lowest BCUT2D eigenvalue weighted by Gasteiger charge is -1.93.